The first-order valence-electron chi connectivity index (χ1n) is 5.60. The van der Waals surface area contributed by atoms with Crippen LogP contribution in [-0.2, 0) is 0 Å². The molecule has 0 saturated heterocycles. The second-order valence-electron chi connectivity index (χ2n) is 3.89. The summed E-state index contributed by atoms with van der Waals surface area (Å²) in [7, 11) is 0. The predicted octanol–water partition coefficient (Wildman–Crippen LogP) is 2.91. The van der Waals surface area contributed by atoms with Crippen molar-refractivity contribution in [1.82, 2.24) is 9.97 Å². The lowest BCUT2D eigenvalue weighted by atomic mass is 10.1. The second-order valence-corrected chi connectivity index (χ2v) is 3.89. The van der Waals surface area contributed by atoms with Crippen molar-refractivity contribution < 1.29 is 4.74 Å². The van der Waals surface area contributed by atoms with E-state index in [2.05, 4.69) is 23.8 Å². The topological polar surface area (TPSA) is 35.0 Å². The minimum atomic E-state index is 0.626. The fourth-order valence-corrected chi connectivity index (χ4v) is 1.48. The van der Waals surface area contributed by atoms with E-state index in [4.69, 9.17) is 4.74 Å². The molecule has 3 heteroatoms. The van der Waals surface area contributed by atoms with E-state index in [1.807, 2.05) is 19.9 Å². The number of hydrogen-bond donors (Lipinski definition) is 0. The van der Waals surface area contributed by atoms with Crippen LogP contribution in [0.1, 0.15) is 38.2 Å². The van der Waals surface area contributed by atoms with Gasteiger partial charge in [-0.15, -0.1) is 0 Å². The number of rotatable bonds is 5. The Hall–Kier alpha value is -1.12. The molecule has 0 aliphatic carbocycles. The Morgan fingerprint density at radius 3 is 2.40 bits per heavy atom. The average Bonchev–Trinajstić information content (AvgIpc) is 2.18. The third kappa shape index (κ3) is 3.86. The van der Waals surface area contributed by atoms with Crippen LogP contribution in [0, 0.1) is 19.8 Å². The SMILES string of the molecule is CCC(CC)COc1cc(C)nc(C)n1. The summed E-state index contributed by atoms with van der Waals surface area (Å²) < 4.78 is 5.66. The van der Waals surface area contributed by atoms with E-state index in [0.717, 1.165) is 31.0 Å². The minimum absolute atomic E-state index is 0.626. The maximum atomic E-state index is 5.66. The molecule has 0 N–H and O–H groups in total. The quantitative estimate of drug-likeness (QED) is 0.746. The number of aromatic nitrogens is 2. The molecule has 0 spiro atoms. The predicted molar refractivity (Wildman–Crippen MR) is 61.1 cm³/mol. The molecule has 0 fully saturated rings. The van der Waals surface area contributed by atoms with Crippen molar-refractivity contribution in [1.29, 1.82) is 0 Å². The van der Waals surface area contributed by atoms with Crippen molar-refractivity contribution in [2.45, 2.75) is 40.5 Å². The Bertz CT molecular complexity index is 288. The minimum Gasteiger partial charge on any atom is -0.477 e. The largest absolute Gasteiger partial charge is 0.477 e. The van der Waals surface area contributed by atoms with Gasteiger partial charge in [0.25, 0.3) is 0 Å². The third-order valence-electron chi connectivity index (χ3n) is 2.56. The summed E-state index contributed by atoms with van der Waals surface area (Å²) in [6.45, 7) is 8.97. The van der Waals surface area contributed by atoms with Gasteiger partial charge in [-0.3, -0.25) is 0 Å². The standard InChI is InChI=1S/C12H20N2O/c1-5-11(6-2)8-15-12-7-9(3)13-10(4)14-12/h7,11H,5-6,8H2,1-4H3. The fraction of sp³-hybridized carbons (Fsp3) is 0.667. The van der Waals surface area contributed by atoms with Crippen molar-refractivity contribution in [3.05, 3.63) is 17.6 Å². The van der Waals surface area contributed by atoms with Crippen LogP contribution in [0.4, 0.5) is 0 Å². The summed E-state index contributed by atoms with van der Waals surface area (Å²) in [5.74, 6) is 2.10. The molecule has 0 saturated carbocycles. The molecule has 0 radical (unpaired) electrons. The number of hydrogen-bond acceptors (Lipinski definition) is 3. The maximum absolute atomic E-state index is 5.66. The van der Waals surface area contributed by atoms with Crippen LogP contribution in [0.25, 0.3) is 0 Å². The molecule has 0 aliphatic heterocycles. The Balaban J connectivity index is 2.57. The molecular formula is C12H20N2O. The van der Waals surface area contributed by atoms with Crippen molar-refractivity contribution in [2.75, 3.05) is 6.61 Å². The molecular weight excluding hydrogens is 188 g/mol. The van der Waals surface area contributed by atoms with Gasteiger partial charge in [-0.05, 0) is 19.8 Å². The van der Waals surface area contributed by atoms with Gasteiger partial charge in [-0.25, -0.2) is 4.98 Å². The molecule has 0 amide bonds. The summed E-state index contributed by atoms with van der Waals surface area (Å²) in [6, 6.07) is 1.88. The molecule has 0 unspecified atom stereocenters. The zero-order valence-corrected chi connectivity index (χ0v) is 10.1. The lowest BCUT2D eigenvalue weighted by Gasteiger charge is -2.13. The Morgan fingerprint density at radius 2 is 1.87 bits per heavy atom. The van der Waals surface area contributed by atoms with E-state index in [9.17, 15) is 0 Å². The Labute approximate surface area is 91.9 Å². The number of aryl methyl sites for hydroxylation is 2. The normalized spacial score (nSPS) is 10.7. The molecule has 3 nitrogen and oxygen atoms in total. The van der Waals surface area contributed by atoms with Gasteiger partial charge in [0.2, 0.25) is 5.88 Å². The van der Waals surface area contributed by atoms with Crippen LogP contribution in [-0.4, -0.2) is 16.6 Å². The highest BCUT2D eigenvalue weighted by Crippen LogP contribution is 2.13. The molecule has 1 rings (SSSR count). The summed E-state index contributed by atoms with van der Waals surface area (Å²) >= 11 is 0. The molecule has 0 aliphatic rings. The summed E-state index contributed by atoms with van der Waals surface area (Å²) in [5, 5.41) is 0. The molecule has 15 heavy (non-hydrogen) atoms. The van der Waals surface area contributed by atoms with E-state index in [1.54, 1.807) is 0 Å². The highest BCUT2D eigenvalue weighted by molar-refractivity contribution is 5.14. The highest BCUT2D eigenvalue weighted by Gasteiger charge is 2.05. The summed E-state index contributed by atoms with van der Waals surface area (Å²) in [6.07, 6.45) is 2.30. The van der Waals surface area contributed by atoms with Gasteiger partial charge < -0.3 is 4.74 Å². The van der Waals surface area contributed by atoms with E-state index in [1.165, 1.54) is 0 Å². The maximum Gasteiger partial charge on any atom is 0.216 e. The summed E-state index contributed by atoms with van der Waals surface area (Å²) in [4.78, 5) is 8.45. The van der Waals surface area contributed by atoms with Crippen molar-refractivity contribution in [3.63, 3.8) is 0 Å². The van der Waals surface area contributed by atoms with Gasteiger partial charge in [0.05, 0.1) is 6.61 Å². The van der Waals surface area contributed by atoms with E-state index in [-0.39, 0.29) is 0 Å². The number of nitrogens with zero attached hydrogens (tertiary/aromatic N) is 2. The van der Waals surface area contributed by atoms with Crippen molar-refractivity contribution >= 4 is 0 Å². The van der Waals surface area contributed by atoms with Crippen LogP contribution in [0.3, 0.4) is 0 Å². The highest BCUT2D eigenvalue weighted by atomic mass is 16.5. The molecule has 0 atom stereocenters. The first kappa shape index (κ1) is 12.0. The molecule has 1 aromatic heterocycles. The Kier molecular flexibility index (Phi) is 4.53. The zero-order valence-electron chi connectivity index (χ0n) is 10.1. The molecule has 0 bridgehead atoms. The lowest BCUT2D eigenvalue weighted by Crippen LogP contribution is -2.11. The zero-order chi connectivity index (χ0) is 11.3. The van der Waals surface area contributed by atoms with Crippen molar-refractivity contribution in [3.8, 4) is 5.88 Å². The van der Waals surface area contributed by atoms with Crippen LogP contribution >= 0.6 is 0 Å². The first-order valence-corrected chi connectivity index (χ1v) is 5.60. The Morgan fingerprint density at radius 1 is 1.20 bits per heavy atom. The molecule has 1 heterocycles. The lowest BCUT2D eigenvalue weighted by molar-refractivity contribution is 0.231. The van der Waals surface area contributed by atoms with Gasteiger partial charge in [-0.2, -0.15) is 4.98 Å². The van der Waals surface area contributed by atoms with Crippen molar-refractivity contribution in [2.24, 2.45) is 5.92 Å². The van der Waals surface area contributed by atoms with E-state index < -0.39 is 0 Å². The van der Waals surface area contributed by atoms with Crippen LogP contribution in [0.5, 0.6) is 5.88 Å². The van der Waals surface area contributed by atoms with E-state index in [0.29, 0.717) is 11.8 Å². The molecule has 0 aromatic carbocycles. The van der Waals surface area contributed by atoms with E-state index >= 15 is 0 Å². The monoisotopic (exact) mass is 208 g/mol. The smallest absolute Gasteiger partial charge is 0.216 e. The van der Waals surface area contributed by atoms with Crippen LogP contribution in [0.2, 0.25) is 0 Å². The van der Waals surface area contributed by atoms with Gasteiger partial charge >= 0.3 is 0 Å². The molecule has 1 aromatic rings. The third-order valence-corrected chi connectivity index (χ3v) is 2.56. The van der Waals surface area contributed by atoms with Crippen LogP contribution in [0.15, 0.2) is 6.07 Å². The van der Waals surface area contributed by atoms with Gasteiger partial charge in [0, 0.05) is 11.8 Å². The number of ether oxygens (including phenoxy) is 1. The summed E-state index contributed by atoms with van der Waals surface area (Å²) in [5.41, 5.74) is 0.960. The first-order chi connectivity index (χ1) is 7.15. The average molecular weight is 208 g/mol. The second kappa shape index (κ2) is 5.69. The fourth-order valence-electron chi connectivity index (χ4n) is 1.48. The molecule has 84 valence electrons. The van der Waals surface area contributed by atoms with Gasteiger partial charge in [0.15, 0.2) is 0 Å². The van der Waals surface area contributed by atoms with Gasteiger partial charge in [-0.1, -0.05) is 26.7 Å². The van der Waals surface area contributed by atoms with Gasteiger partial charge in [0.1, 0.15) is 5.82 Å². The van der Waals surface area contributed by atoms with Crippen LogP contribution < -0.4 is 4.74 Å².